The molecule has 0 amide bonds. The van der Waals surface area contributed by atoms with Crippen LogP contribution in [0.3, 0.4) is 0 Å². The van der Waals surface area contributed by atoms with Gasteiger partial charge in [-0.15, -0.1) is 6.42 Å². The summed E-state index contributed by atoms with van der Waals surface area (Å²) < 4.78 is 0. The van der Waals surface area contributed by atoms with E-state index in [4.69, 9.17) is 6.42 Å². The van der Waals surface area contributed by atoms with Gasteiger partial charge in [0, 0.05) is 5.56 Å². The van der Waals surface area contributed by atoms with E-state index in [1.807, 2.05) is 30.3 Å². The average Bonchev–Trinajstić information content (AvgIpc) is 1.90. The summed E-state index contributed by atoms with van der Waals surface area (Å²) in [6.07, 6.45) is 5.10. The van der Waals surface area contributed by atoms with E-state index in [-0.39, 0.29) is 31.0 Å². The summed E-state index contributed by atoms with van der Waals surface area (Å²) in [5, 5.41) is 0. The van der Waals surface area contributed by atoms with Crippen LogP contribution in [0.5, 0.6) is 0 Å². The van der Waals surface area contributed by atoms with Crippen LogP contribution in [-0.4, -0.2) is 0 Å². The zero-order chi connectivity index (χ0) is 5.82. The Kier molecular flexibility index (Phi) is 4.53. The van der Waals surface area contributed by atoms with E-state index in [0.717, 1.165) is 5.56 Å². The maximum Gasteiger partial charge on any atom is 1.00 e. The predicted octanol–water partition coefficient (Wildman–Crippen LogP) is -1.22. The summed E-state index contributed by atoms with van der Waals surface area (Å²) in [7, 11) is 0. The van der Waals surface area contributed by atoms with E-state index < -0.39 is 0 Å². The van der Waals surface area contributed by atoms with Crippen molar-refractivity contribution in [2.75, 3.05) is 0 Å². The van der Waals surface area contributed by atoms with Crippen LogP contribution >= 0.6 is 0 Å². The molecule has 0 saturated heterocycles. The van der Waals surface area contributed by atoms with Crippen molar-refractivity contribution in [2.45, 2.75) is 0 Å². The molecule has 0 aliphatic rings. The number of rotatable bonds is 0. The van der Waals surface area contributed by atoms with Gasteiger partial charge in [0.25, 0.3) is 0 Å². The van der Waals surface area contributed by atoms with Crippen molar-refractivity contribution < 1.29 is 31.0 Å². The molecule has 0 saturated carbocycles. The van der Waals surface area contributed by atoms with Gasteiger partial charge in [0.15, 0.2) is 0 Å². The third-order valence-electron chi connectivity index (χ3n) is 0.940. The Morgan fingerprint density at radius 3 is 2.11 bits per heavy atom. The minimum Gasteiger partial charge on any atom is -1.00 e. The fourth-order valence-corrected chi connectivity index (χ4v) is 0.534. The molecule has 0 aromatic heterocycles. The zero-order valence-corrected chi connectivity index (χ0v) is 7.46. The summed E-state index contributed by atoms with van der Waals surface area (Å²) in [5.74, 6) is 2.53. The van der Waals surface area contributed by atoms with Crippen LogP contribution in [0, 0.1) is 12.3 Å². The summed E-state index contributed by atoms with van der Waals surface area (Å²) in [5.41, 5.74) is 0.938. The fraction of sp³-hybridized carbons (Fsp3) is 0. The van der Waals surface area contributed by atoms with Crippen LogP contribution in [0.25, 0.3) is 0 Å². The van der Waals surface area contributed by atoms with E-state index in [1.165, 1.54) is 0 Å². The van der Waals surface area contributed by atoms with Gasteiger partial charge in [-0.3, -0.25) is 0 Å². The minimum absolute atomic E-state index is 0. The molecule has 1 rings (SSSR count). The Morgan fingerprint density at radius 1 is 1.22 bits per heavy atom. The number of terminal acetylenes is 1. The molecule has 0 radical (unpaired) electrons. The molecule has 0 nitrogen and oxygen atoms in total. The quantitative estimate of drug-likeness (QED) is 0.302. The monoisotopic (exact) mass is 126 g/mol. The number of hydrogen-bond donors (Lipinski definition) is 0. The molecule has 0 aliphatic carbocycles. The van der Waals surface area contributed by atoms with Crippen LogP contribution < -0.4 is 29.6 Å². The normalized spacial score (nSPS) is 7.00. The number of hydrogen-bond acceptors (Lipinski definition) is 0. The van der Waals surface area contributed by atoms with Crippen molar-refractivity contribution in [3.63, 3.8) is 0 Å². The molecule has 0 unspecified atom stereocenters. The van der Waals surface area contributed by atoms with Crippen molar-refractivity contribution >= 4 is 0 Å². The number of benzene rings is 1. The van der Waals surface area contributed by atoms with Crippen LogP contribution in [0.15, 0.2) is 30.3 Å². The van der Waals surface area contributed by atoms with E-state index in [2.05, 4.69) is 5.92 Å². The molecule has 0 spiro atoms. The Balaban J connectivity index is 0. The van der Waals surface area contributed by atoms with E-state index in [1.54, 1.807) is 0 Å². The smallest absolute Gasteiger partial charge is 1.00 e. The van der Waals surface area contributed by atoms with Crippen LogP contribution in [0.2, 0.25) is 0 Å². The van der Waals surface area contributed by atoms with Crippen molar-refractivity contribution in [1.29, 1.82) is 0 Å². The maximum absolute atomic E-state index is 5.10. The second kappa shape index (κ2) is 4.64. The van der Waals surface area contributed by atoms with Crippen LogP contribution in [0.4, 0.5) is 0 Å². The van der Waals surface area contributed by atoms with E-state index >= 15 is 0 Å². The van der Waals surface area contributed by atoms with E-state index in [0.29, 0.717) is 0 Å². The molecule has 40 valence electrons. The molecule has 1 aromatic rings. The van der Waals surface area contributed by atoms with E-state index in [9.17, 15) is 0 Å². The molecule has 0 fully saturated rings. The van der Waals surface area contributed by atoms with Gasteiger partial charge in [0.05, 0.1) is 0 Å². The van der Waals surface area contributed by atoms with Gasteiger partial charge in [0.2, 0.25) is 0 Å². The third kappa shape index (κ3) is 2.72. The zero-order valence-electron chi connectivity index (χ0n) is 6.46. The Labute approximate surface area is 79.1 Å². The summed E-state index contributed by atoms with van der Waals surface area (Å²) >= 11 is 0. The first-order valence-electron chi connectivity index (χ1n) is 2.45. The summed E-state index contributed by atoms with van der Waals surface area (Å²) in [4.78, 5) is 0. The molecule has 0 N–H and O–H groups in total. The standard InChI is InChI=1S/C8H6.Na.H/c1-2-8-6-4-3-5-7-8;;/h1,3-7H;;/q;+1;-1. The Hall–Kier alpha value is -0.220. The first kappa shape index (κ1) is 8.78. The maximum atomic E-state index is 5.10. The topological polar surface area (TPSA) is 0 Å². The minimum atomic E-state index is 0. The van der Waals surface area contributed by atoms with Gasteiger partial charge in [-0.2, -0.15) is 0 Å². The second-order valence-electron chi connectivity index (χ2n) is 1.51. The Bertz CT molecular complexity index is 200. The molecular weight excluding hydrogens is 119 g/mol. The predicted molar refractivity (Wildman–Crippen MR) is 35.5 cm³/mol. The SMILES string of the molecule is C#Cc1ccccc1.[H-].[Na+]. The molecule has 1 aromatic carbocycles. The molecule has 0 bridgehead atoms. The molecule has 0 aliphatic heterocycles. The van der Waals surface area contributed by atoms with Gasteiger partial charge in [-0.05, 0) is 12.1 Å². The van der Waals surface area contributed by atoms with Crippen molar-refractivity contribution in [3.05, 3.63) is 35.9 Å². The molecule has 1 heteroatoms. The molecule has 0 atom stereocenters. The molecule has 0 heterocycles. The summed E-state index contributed by atoms with van der Waals surface area (Å²) in [6.45, 7) is 0. The second-order valence-corrected chi connectivity index (χ2v) is 1.51. The van der Waals surface area contributed by atoms with Gasteiger partial charge >= 0.3 is 29.6 Å². The fourth-order valence-electron chi connectivity index (χ4n) is 0.534. The first-order chi connectivity index (χ1) is 3.93. The molecular formula is C8H7Na. The van der Waals surface area contributed by atoms with Crippen molar-refractivity contribution in [3.8, 4) is 12.3 Å². The first-order valence-corrected chi connectivity index (χ1v) is 2.45. The van der Waals surface area contributed by atoms with Gasteiger partial charge in [0.1, 0.15) is 0 Å². The van der Waals surface area contributed by atoms with Crippen LogP contribution in [-0.2, 0) is 0 Å². The Morgan fingerprint density at radius 2 is 1.78 bits per heavy atom. The van der Waals surface area contributed by atoms with Crippen LogP contribution in [0.1, 0.15) is 6.99 Å². The third-order valence-corrected chi connectivity index (χ3v) is 0.940. The van der Waals surface area contributed by atoms with Crippen molar-refractivity contribution in [2.24, 2.45) is 0 Å². The van der Waals surface area contributed by atoms with Crippen molar-refractivity contribution in [1.82, 2.24) is 0 Å². The van der Waals surface area contributed by atoms with Gasteiger partial charge < -0.3 is 1.43 Å². The largest absolute Gasteiger partial charge is 1.00 e. The average molecular weight is 126 g/mol. The van der Waals surface area contributed by atoms with Gasteiger partial charge in [-0.25, -0.2) is 0 Å². The molecule has 9 heavy (non-hydrogen) atoms. The summed E-state index contributed by atoms with van der Waals surface area (Å²) in [6, 6.07) is 9.60. The van der Waals surface area contributed by atoms with Gasteiger partial charge in [-0.1, -0.05) is 24.1 Å².